The molecule has 2 aromatic rings. The molecule has 0 spiro atoms. The summed E-state index contributed by atoms with van der Waals surface area (Å²) >= 11 is 0. The Balaban J connectivity index is 2.30. The predicted molar refractivity (Wildman–Crippen MR) is 114 cm³/mol. The van der Waals surface area contributed by atoms with Gasteiger partial charge in [-0.05, 0) is 44.0 Å². The summed E-state index contributed by atoms with van der Waals surface area (Å²) in [4.78, 5) is 14.2. The van der Waals surface area contributed by atoms with E-state index >= 15 is 0 Å². The highest BCUT2D eigenvalue weighted by molar-refractivity contribution is 5.89. The van der Waals surface area contributed by atoms with Crippen molar-refractivity contribution in [3.05, 3.63) is 65.2 Å². The summed E-state index contributed by atoms with van der Waals surface area (Å²) in [5.41, 5.74) is -2.77. The smallest absolute Gasteiger partial charge is 0.351 e. The lowest BCUT2D eigenvalue weighted by Gasteiger charge is -2.28. The number of amides is 2. The van der Waals surface area contributed by atoms with Crippen molar-refractivity contribution in [3.8, 4) is 0 Å². The highest BCUT2D eigenvalue weighted by Gasteiger charge is 2.37. The molecule has 0 fully saturated rings. The third kappa shape index (κ3) is 8.53. The molecule has 0 aliphatic carbocycles. The molecular weight excluding hydrogens is 466 g/mol. The minimum atomic E-state index is -5.03. The Kier molecular flexibility index (Phi) is 9.75. The van der Waals surface area contributed by atoms with Crippen LogP contribution in [-0.4, -0.2) is 43.5 Å². The number of carbonyl (C=O) groups excluding carboxylic acids is 1. The van der Waals surface area contributed by atoms with Crippen LogP contribution in [0.25, 0.3) is 0 Å². The summed E-state index contributed by atoms with van der Waals surface area (Å²) in [6.07, 6.45) is -10.5. The van der Waals surface area contributed by atoms with E-state index in [0.29, 0.717) is 18.6 Å². The number of ether oxygens (including phenoxy) is 2. The second-order valence-corrected chi connectivity index (χ2v) is 7.25. The molecule has 0 aliphatic heterocycles. The lowest BCUT2D eigenvalue weighted by atomic mass is 10.1. The topological polar surface area (TPSA) is 50.8 Å². The molecule has 0 radical (unpaired) electrons. The second-order valence-electron chi connectivity index (χ2n) is 7.25. The van der Waals surface area contributed by atoms with Crippen molar-refractivity contribution in [1.82, 2.24) is 4.90 Å². The lowest BCUT2D eigenvalue weighted by molar-refractivity contribution is -0.143. The average molecular weight is 492 g/mol. The molecule has 0 atom stereocenters. The monoisotopic (exact) mass is 492 g/mol. The summed E-state index contributed by atoms with van der Waals surface area (Å²) in [6, 6.07) is 9.16. The largest absolute Gasteiger partial charge is 0.416 e. The maximum Gasteiger partial charge on any atom is 0.416 e. The van der Waals surface area contributed by atoms with Gasteiger partial charge in [0, 0.05) is 25.4 Å². The Bertz CT molecular complexity index is 881. The normalized spacial score (nSPS) is 12.1. The first-order chi connectivity index (χ1) is 15.9. The van der Waals surface area contributed by atoms with Gasteiger partial charge in [0.25, 0.3) is 0 Å². The molecule has 2 aromatic carbocycles. The van der Waals surface area contributed by atoms with Crippen molar-refractivity contribution in [2.24, 2.45) is 0 Å². The Morgan fingerprint density at radius 1 is 0.912 bits per heavy atom. The molecule has 0 saturated carbocycles. The van der Waals surface area contributed by atoms with Crippen molar-refractivity contribution < 1.29 is 40.6 Å². The number of nitrogens with zero attached hydrogens (tertiary/aromatic N) is 1. The summed E-state index contributed by atoms with van der Waals surface area (Å²) in [6.45, 7) is 4.05. The zero-order chi connectivity index (χ0) is 25.4. The van der Waals surface area contributed by atoms with Crippen molar-refractivity contribution in [2.75, 3.05) is 31.6 Å². The van der Waals surface area contributed by atoms with Crippen LogP contribution in [0.5, 0.6) is 0 Å². The number of anilines is 1. The molecule has 0 bridgehead atoms. The van der Waals surface area contributed by atoms with Crippen molar-refractivity contribution >= 4 is 11.7 Å². The van der Waals surface area contributed by atoms with E-state index in [4.69, 9.17) is 9.47 Å². The third-order valence-electron chi connectivity index (χ3n) is 4.71. The quantitative estimate of drug-likeness (QED) is 0.317. The predicted octanol–water partition coefficient (Wildman–Crippen LogP) is 6.20. The van der Waals surface area contributed by atoms with Crippen LogP contribution < -0.4 is 5.32 Å². The Labute approximate surface area is 193 Å². The first kappa shape index (κ1) is 27.5. The van der Waals surface area contributed by atoms with E-state index in [1.165, 1.54) is 4.90 Å². The van der Waals surface area contributed by atoms with Gasteiger partial charge in [-0.2, -0.15) is 26.3 Å². The van der Waals surface area contributed by atoms with Crippen LogP contribution in [0.3, 0.4) is 0 Å². The molecule has 2 amide bonds. The number of carbonyl (C=O) groups is 1. The number of rotatable bonds is 10. The third-order valence-corrected chi connectivity index (χ3v) is 4.71. The summed E-state index contributed by atoms with van der Waals surface area (Å²) in [5.74, 6) is 0. The van der Waals surface area contributed by atoms with Gasteiger partial charge in [-0.1, -0.05) is 30.3 Å². The zero-order valence-electron chi connectivity index (χ0n) is 18.7. The maximum absolute atomic E-state index is 13.2. The Hall–Kier alpha value is -2.79. The molecule has 0 saturated heterocycles. The minimum absolute atomic E-state index is 0.00301. The van der Waals surface area contributed by atoms with Crippen molar-refractivity contribution in [1.29, 1.82) is 0 Å². The molecule has 0 aliphatic rings. The van der Waals surface area contributed by atoms with E-state index in [0.717, 1.165) is 5.56 Å². The van der Waals surface area contributed by atoms with Crippen LogP contribution in [0.1, 0.15) is 30.5 Å². The number of urea groups is 1. The lowest BCUT2D eigenvalue weighted by Crippen LogP contribution is -2.43. The van der Waals surface area contributed by atoms with E-state index in [1.807, 2.05) is 30.3 Å². The maximum atomic E-state index is 13.2. The molecule has 188 valence electrons. The first-order valence-electron chi connectivity index (χ1n) is 10.6. The van der Waals surface area contributed by atoms with Crippen LogP contribution in [0.4, 0.5) is 36.8 Å². The van der Waals surface area contributed by atoms with Crippen molar-refractivity contribution in [2.45, 2.75) is 38.9 Å². The Morgan fingerprint density at radius 2 is 1.44 bits per heavy atom. The van der Waals surface area contributed by atoms with Gasteiger partial charge in [0.2, 0.25) is 0 Å². The zero-order valence-corrected chi connectivity index (χ0v) is 18.7. The fourth-order valence-electron chi connectivity index (χ4n) is 3.12. The minimum Gasteiger partial charge on any atom is -0.351 e. The first-order valence-corrected chi connectivity index (χ1v) is 10.6. The molecule has 11 heteroatoms. The van der Waals surface area contributed by atoms with Gasteiger partial charge in [0.05, 0.1) is 17.7 Å². The van der Waals surface area contributed by atoms with E-state index in [-0.39, 0.29) is 32.4 Å². The van der Waals surface area contributed by atoms with Crippen LogP contribution in [0.2, 0.25) is 0 Å². The summed E-state index contributed by atoms with van der Waals surface area (Å²) in [7, 11) is 0. The van der Waals surface area contributed by atoms with Crippen LogP contribution in [0, 0.1) is 0 Å². The van der Waals surface area contributed by atoms with E-state index in [9.17, 15) is 31.1 Å². The van der Waals surface area contributed by atoms with Gasteiger partial charge in [-0.15, -0.1) is 0 Å². The number of benzene rings is 2. The number of halogens is 6. The number of nitrogens with one attached hydrogen (secondary N) is 1. The second kappa shape index (κ2) is 12.1. The highest BCUT2D eigenvalue weighted by Crippen LogP contribution is 2.37. The molecule has 0 aromatic heterocycles. The molecule has 0 unspecified atom stereocenters. The van der Waals surface area contributed by atoms with Gasteiger partial charge in [-0.3, -0.25) is 0 Å². The SMILES string of the molecule is CCOC(CN(CCc1ccccc1)C(=O)Nc1cc(C(F)(F)F)cc(C(F)(F)F)c1)OCC. The van der Waals surface area contributed by atoms with Gasteiger partial charge in [0.1, 0.15) is 0 Å². The Morgan fingerprint density at radius 3 is 1.91 bits per heavy atom. The summed E-state index contributed by atoms with van der Waals surface area (Å²) in [5, 5.41) is 2.17. The van der Waals surface area contributed by atoms with Crippen LogP contribution >= 0.6 is 0 Å². The molecule has 0 heterocycles. The van der Waals surface area contributed by atoms with E-state index in [2.05, 4.69) is 5.32 Å². The van der Waals surface area contributed by atoms with E-state index in [1.54, 1.807) is 13.8 Å². The summed E-state index contributed by atoms with van der Waals surface area (Å²) < 4.78 is 89.9. The molecule has 34 heavy (non-hydrogen) atoms. The van der Waals surface area contributed by atoms with Crippen molar-refractivity contribution in [3.63, 3.8) is 0 Å². The van der Waals surface area contributed by atoms with E-state index < -0.39 is 41.5 Å². The number of hydrogen-bond donors (Lipinski definition) is 1. The molecule has 2 rings (SSSR count). The van der Waals surface area contributed by atoms with Crippen LogP contribution in [0.15, 0.2) is 48.5 Å². The van der Waals surface area contributed by atoms with Gasteiger partial charge in [0.15, 0.2) is 6.29 Å². The number of hydrogen-bond acceptors (Lipinski definition) is 3. The standard InChI is InChI=1S/C23H26F6N2O3/c1-3-33-20(34-4-2)15-31(11-10-16-8-6-5-7-9-16)21(32)30-19-13-17(22(24,25)26)12-18(14-19)23(27,28)29/h5-9,12-14,20H,3-4,10-11,15H2,1-2H3,(H,30,32). The fourth-order valence-corrected chi connectivity index (χ4v) is 3.12. The molecular formula is C23H26F6N2O3. The van der Waals surface area contributed by atoms with Crippen LogP contribution in [-0.2, 0) is 28.2 Å². The average Bonchev–Trinajstić information content (AvgIpc) is 2.76. The van der Waals surface area contributed by atoms with Gasteiger partial charge >= 0.3 is 18.4 Å². The molecule has 5 nitrogen and oxygen atoms in total. The fraction of sp³-hybridized carbons (Fsp3) is 0.435. The van der Waals surface area contributed by atoms with Gasteiger partial charge in [-0.25, -0.2) is 4.79 Å². The highest BCUT2D eigenvalue weighted by atomic mass is 19.4. The van der Waals surface area contributed by atoms with Gasteiger partial charge < -0.3 is 19.7 Å². The number of alkyl halides is 6. The molecule has 1 N–H and O–H groups in total.